The van der Waals surface area contributed by atoms with Gasteiger partial charge in [0.1, 0.15) is 11.6 Å². The third kappa shape index (κ3) is 4.51. The number of hydrogen-bond acceptors (Lipinski definition) is 5. The van der Waals surface area contributed by atoms with Crippen molar-refractivity contribution in [2.24, 2.45) is 17.8 Å². The fourth-order valence-corrected chi connectivity index (χ4v) is 7.23. The van der Waals surface area contributed by atoms with Crippen LogP contribution < -0.4 is 0 Å². The van der Waals surface area contributed by atoms with E-state index in [-0.39, 0.29) is 36.3 Å². The van der Waals surface area contributed by atoms with Gasteiger partial charge in [0.2, 0.25) is 17.7 Å². The Morgan fingerprint density at radius 3 is 2.38 bits per heavy atom. The summed E-state index contributed by atoms with van der Waals surface area (Å²) in [5.41, 5.74) is -1.12. The van der Waals surface area contributed by atoms with Gasteiger partial charge in [-0.3, -0.25) is 14.4 Å². The zero-order chi connectivity index (χ0) is 28.7. The molecule has 0 aliphatic carbocycles. The maximum atomic E-state index is 14.5. The molecule has 39 heavy (non-hydrogen) atoms. The Hall–Kier alpha value is -2.97. The lowest BCUT2D eigenvalue weighted by atomic mass is 9.62. The Kier molecular flexibility index (Phi) is 8.11. The van der Waals surface area contributed by atoms with Crippen molar-refractivity contribution in [3.63, 3.8) is 0 Å². The van der Waals surface area contributed by atoms with Crippen LogP contribution in [0.5, 0.6) is 0 Å². The van der Waals surface area contributed by atoms with Crippen LogP contribution >= 0.6 is 0 Å². The van der Waals surface area contributed by atoms with Gasteiger partial charge in [0.05, 0.1) is 30.1 Å². The van der Waals surface area contributed by atoms with E-state index in [1.165, 1.54) is 0 Å². The number of carbonyl (C=O) groups excluding carboxylic acids is 3. The fourth-order valence-electron chi connectivity index (χ4n) is 7.23. The molecule has 8 nitrogen and oxygen atoms in total. The second-order valence-corrected chi connectivity index (χ2v) is 11.9. The first-order valence-electron chi connectivity index (χ1n) is 13.9. The number of likely N-dealkylation sites (N-methyl/N-ethyl adjacent to an activating group) is 1. The summed E-state index contributed by atoms with van der Waals surface area (Å²) in [7, 11) is 1.70. The molecule has 8 heteroatoms. The van der Waals surface area contributed by atoms with Gasteiger partial charge in [0.15, 0.2) is 0 Å². The van der Waals surface area contributed by atoms with Gasteiger partial charge >= 0.3 is 0 Å². The molecule has 4 rings (SSSR count). The summed E-state index contributed by atoms with van der Waals surface area (Å²) >= 11 is 0. The van der Waals surface area contributed by atoms with E-state index in [0.29, 0.717) is 25.9 Å². The van der Waals surface area contributed by atoms with Gasteiger partial charge in [-0.1, -0.05) is 49.4 Å². The van der Waals surface area contributed by atoms with Crippen LogP contribution in [0, 0.1) is 17.8 Å². The molecule has 1 aromatic rings. The highest BCUT2D eigenvalue weighted by Crippen LogP contribution is 2.65. The lowest BCUT2D eigenvalue weighted by Crippen LogP contribution is -2.60. The Balaban J connectivity index is 1.86. The number of carbonyl (C=O) groups is 3. The molecule has 3 saturated heterocycles. The van der Waals surface area contributed by atoms with Crippen molar-refractivity contribution in [3.8, 4) is 0 Å². The molecule has 0 radical (unpaired) electrons. The topological polar surface area (TPSA) is 90.4 Å². The maximum Gasteiger partial charge on any atom is 0.248 e. The lowest BCUT2D eigenvalue weighted by Gasteiger charge is -2.40. The van der Waals surface area contributed by atoms with E-state index in [1.807, 2.05) is 58.0 Å². The Morgan fingerprint density at radius 2 is 1.82 bits per heavy atom. The standard InChI is InChI=1S/C31H43N3O5/c1-8-15-32(7)27(36)24-25-28(37)34(23(19-35)17-22-13-11-10-12-14-22)26(29(38)33(16-9-2)20(3)4)31(25)18-21(5)30(24,6)39-31/h8-14,20-21,23-26,35H,1-2,15-19H2,3-7H3/t21?,23-,24-,25+,26?,30+,31?/m1/s1. The molecule has 1 N–H and O–H groups in total. The highest BCUT2D eigenvalue weighted by atomic mass is 16.5. The zero-order valence-electron chi connectivity index (χ0n) is 23.9. The van der Waals surface area contributed by atoms with Gasteiger partial charge in [0.25, 0.3) is 0 Å². The average molecular weight is 538 g/mol. The van der Waals surface area contributed by atoms with Gasteiger partial charge in [-0.05, 0) is 45.1 Å². The molecule has 3 aliphatic heterocycles. The molecule has 3 aliphatic rings. The van der Waals surface area contributed by atoms with Gasteiger partial charge in [0, 0.05) is 26.2 Å². The van der Waals surface area contributed by atoms with Gasteiger partial charge in [-0.2, -0.15) is 0 Å². The van der Waals surface area contributed by atoms with Crippen molar-refractivity contribution >= 4 is 17.7 Å². The van der Waals surface area contributed by atoms with Crippen LogP contribution in [0.2, 0.25) is 0 Å². The van der Waals surface area contributed by atoms with Gasteiger partial charge in [-0.15, -0.1) is 13.2 Å². The van der Waals surface area contributed by atoms with Crippen molar-refractivity contribution < 1.29 is 24.2 Å². The summed E-state index contributed by atoms with van der Waals surface area (Å²) in [4.78, 5) is 47.7. The molecule has 1 aromatic carbocycles. The average Bonchev–Trinajstić information content (AvgIpc) is 3.42. The Labute approximate surface area is 232 Å². The summed E-state index contributed by atoms with van der Waals surface area (Å²) < 4.78 is 6.84. The monoisotopic (exact) mass is 537 g/mol. The fraction of sp³-hybridized carbons (Fsp3) is 0.581. The normalized spacial score (nSPS) is 31.8. The first kappa shape index (κ1) is 29.0. The number of aliphatic hydroxyl groups excluding tert-OH is 1. The minimum atomic E-state index is -1.17. The number of fused-ring (bicyclic) bond motifs is 1. The molecule has 3 heterocycles. The van der Waals surface area contributed by atoms with Crippen molar-refractivity contribution in [2.75, 3.05) is 26.7 Å². The van der Waals surface area contributed by atoms with Crippen molar-refractivity contribution in [1.29, 1.82) is 0 Å². The number of ether oxygens (including phenoxy) is 1. The summed E-state index contributed by atoms with van der Waals surface area (Å²) in [6.45, 7) is 15.7. The minimum absolute atomic E-state index is 0.0588. The van der Waals surface area contributed by atoms with E-state index in [9.17, 15) is 19.5 Å². The van der Waals surface area contributed by atoms with E-state index < -0.39 is 35.1 Å². The predicted octanol–water partition coefficient (Wildman–Crippen LogP) is 2.67. The van der Waals surface area contributed by atoms with Crippen molar-refractivity contribution in [1.82, 2.24) is 14.7 Å². The minimum Gasteiger partial charge on any atom is -0.394 e. The molecule has 1 spiro atoms. The zero-order valence-corrected chi connectivity index (χ0v) is 23.9. The van der Waals surface area contributed by atoms with Crippen LogP contribution in [0.3, 0.4) is 0 Å². The quantitative estimate of drug-likeness (QED) is 0.439. The number of benzene rings is 1. The summed E-state index contributed by atoms with van der Waals surface area (Å²) in [6, 6.07) is 7.85. The summed E-state index contributed by atoms with van der Waals surface area (Å²) in [5, 5.41) is 10.6. The largest absolute Gasteiger partial charge is 0.394 e. The maximum absolute atomic E-state index is 14.5. The second-order valence-electron chi connectivity index (χ2n) is 11.9. The number of nitrogens with zero attached hydrogens (tertiary/aromatic N) is 3. The third-order valence-electron chi connectivity index (χ3n) is 9.18. The van der Waals surface area contributed by atoms with Crippen LogP contribution in [0.4, 0.5) is 0 Å². The van der Waals surface area contributed by atoms with Crippen LogP contribution in [-0.4, -0.2) is 93.6 Å². The highest BCUT2D eigenvalue weighted by Gasteiger charge is 2.80. The molecule has 212 valence electrons. The van der Waals surface area contributed by atoms with E-state index >= 15 is 0 Å². The first-order valence-corrected chi connectivity index (χ1v) is 13.9. The number of aliphatic hydroxyl groups is 1. The number of likely N-dealkylation sites (tertiary alicyclic amines) is 1. The summed E-state index contributed by atoms with van der Waals surface area (Å²) in [6.07, 6.45) is 4.18. The lowest BCUT2D eigenvalue weighted by molar-refractivity contribution is -0.158. The molecule has 3 fully saturated rings. The van der Waals surface area contributed by atoms with Gasteiger partial charge < -0.3 is 24.5 Å². The Morgan fingerprint density at radius 1 is 1.18 bits per heavy atom. The number of hydrogen-bond donors (Lipinski definition) is 1. The molecule has 7 atom stereocenters. The molecule has 2 bridgehead atoms. The molecular formula is C31H43N3O5. The number of amides is 3. The van der Waals surface area contributed by atoms with Crippen LogP contribution in [0.15, 0.2) is 55.6 Å². The summed E-state index contributed by atoms with van der Waals surface area (Å²) in [5.74, 6) is -2.36. The van der Waals surface area contributed by atoms with Crippen LogP contribution in [0.25, 0.3) is 0 Å². The number of rotatable bonds is 11. The van der Waals surface area contributed by atoms with Crippen molar-refractivity contribution in [3.05, 3.63) is 61.2 Å². The molecular weight excluding hydrogens is 494 g/mol. The van der Waals surface area contributed by atoms with Crippen molar-refractivity contribution in [2.45, 2.75) is 69.9 Å². The third-order valence-corrected chi connectivity index (χ3v) is 9.18. The smallest absolute Gasteiger partial charge is 0.248 e. The predicted molar refractivity (Wildman–Crippen MR) is 150 cm³/mol. The Bertz CT molecular complexity index is 1120. The van der Waals surface area contributed by atoms with Crippen LogP contribution in [0.1, 0.15) is 39.7 Å². The highest BCUT2D eigenvalue weighted by molar-refractivity contribution is 5.99. The molecule has 3 unspecified atom stereocenters. The molecule has 3 amide bonds. The van der Waals surface area contributed by atoms with E-state index in [2.05, 4.69) is 13.2 Å². The molecule has 0 aromatic heterocycles. The van der Waals surface area contributed by atoms with Gasteiger partial charge in [-0.25, -0.2) is 0 Å². The van der Waals surface area contributed by atoms with Crippen LogP contribution in [-0.2, 0) is 25.5 Å². The van der Waals surface area contributed by atoms with E-state index in [0.717, 1.165) is 5.56 Å². The first-order chi connectivity index (χ1) is 18.5. The van der Waals surface area contributed by atoms with E-state index in [4.69, 9.17) is 4.74 Å². The van der Waals surface area contributed by atoms with E-state index in [1.54, 1.807) is 33.9 Å². The second kappa shape index (κ2) is 10.9. The SMILES string of the molecule is C=CCN(C)C(=O)[C@H]1[C@H]2C(=O)N([C@@H](CO)Cc3ccccc3)C(C(=O)N(CC=C)C(C)C)C23CC(C)[C@]1(C)O3. The molecule has 0 saturated carbocycles.